The van der Waals surface area contributed by atoms with Gasteiger partial charge in [-0.15, -0.1) is 0 Å². The average Bonchev–Trinajstić information content (AvgIpc) is 2.23. The van der Waals surface area contributed by atoms with E-state index in [9.17, 15) is 4.79 Å². The standard InChI is InChI=1S/C13H27NO/c1-3-5-7-8-9-10-11-13(15)14-12-6-4-2/h3-12H2,1-2H3,(H,14,15). The van der Waals surface area contributed by atoms with Crippen LogP contribution in [-0.2, 0) is 4.79 Å². The molecule has 0 saturated heterocycles. The van der Waals surface area contributed by atoms with Crippen molar-refractivity contribution in [3.05, 3.63) is 0 Å². The van der Waals surface area contributed by atoms with Gasteiger partial charge in [0, 0.05) is 13.0 Å². The van der Waals surface area contributed by atoms with Gasteiger partial charge in [-0.05, 0) is 12.8 Å². The lowest BCUT2D eigenvalue weighted by Gasteiger charge is -2.03. The Morgan fingerprint density at radius 1 is 0.867 bits per heavy atom. The van der Waals surface area contributed by atoms with Gasteiger partial charge in [0.25, 0.3) is 0 Å². The third-order valence-electron chi connectivity index (χ3n) is 2.61. The van der Waals surface area contributed by atoms with Crippen molar-refractivity contribution in [3.63, 3.8) is 0 Å². The Labute approximate surface area is 94.8 Å². The van der Waals surface area contributed by atoms with Gasteiger partial charge in [0.1, 0.15) is 0 Å². The minimum absolute atomic E-state index is 0.235. The number of unbranched alkanes of at least 4 members (excludes halogenated alkanes) is 6. The first-order chi connectivity index (χ1) is 7.31. The molecule has 0 rings (SSSR count). The zero-order chi connectivity index (χ0) is 11.4. The van der Waals surface area contributed by atoms with Crippen LogP contribution in [0.15, 0.2) is 0 Å². The average molecular weight is 213 g/mol. The van der Waals surface area contributed by atoms with E-state index in [1.807, 2.05) is 0 Å². The quantitative estimate of drug-likeness (QED) is 0.551. The molecular weight excluding hydrogens is 186 g/mol. The van der Waals surface area contributed by atoms with Crippen LogP contribution in [-0.4, -0.2) is 12.5 Å². The molecule has 15 heavy (non-hydrogen) atoms. The second kappa shape index (κ2) is 11.5. The SMILES string of the molecule is CCCCCCCCC(=O)NCCCC. The fraction of sp³-hybridized carbons (Fsp3) is 0.923. The van der Waals surface area contributed by atoms with Crippen LogP contribution < -0.4 is 5.32 Å². The molecule has 0 spiro atoms. The highest BCUT2D eigenvalue weighted by Crippen LogP contribution is 2.06. The van der Waals surface area contributed by atoms with Crippen LogP contribution in [0.1, 0.15) is 71.6 Å². The summed E-state index contributed by atoms with van der Waals surface area (Å²) in [6.45, 7) is 5.21. The fourth-order valence-corrected chi connectivity index (χ4v) is 1.56. The number of nitrogens with one attached hydrogen (secondary N) is 1. The predicted molar refractivity (Wildman–Crippen MR) is 65.9 cm³/mol. The van der Waals surface area contributed by atoms with Crippen LogP contribution in [0.5, 0.6) is 0 Å². The van der Waals surface area contributed by atoms with Crippen molar-refractivity contribution in [3.8, 4) is 0 Å². The molecule has 2 heteroatoms. The number of carbonyl (C=O) groups excluding carboxylic acids is 1. The number of hydrogen-bond acceptors (Lipinski definition) is 1. The van der Waals surface area contributed by atoms with Crippen molar-refractivity contribution in [2.45, 2.75) is 71.6 Å². The number of carbonyl (C=O) groups is 1. The molecule has 0 aliphatic carbocycles. The Bertz CT molecular complexity index is 145. The van der Waals surface area contributed by atoms with Gasteiger partial charge < -0.3 is 5.32 Å². The van der Waals surface area contributed by atoms with E-state index in [0.29, 0.717) is 0 Å². The van der Waals surface area contributed by atoms with Crippen molar-refractivity contribution in [2.24, 2.45) is 0 Å². The summed E-state index contributed by atoms with van der Waals surface area (Å²) in [6, 6.07) is 0. The molecule has 0 aliphatic heterocycles. The van der Waals surface area contributed by atoms with Crippen molar-refractivity contribution in [1.82, 2.24) is 5.32 Å². The summed E-state index contributed by atoms with van der Waals surface area (Å²) < 4.78 is 0. The summed E-state index contributed by atoms with van der Waals surface area (Å²) in [6.07, 6.45) is 10.5. The van der Waals surface area contributed by atoms with Gasteiger partial charge in [-0.2, -0.15) is 0 Å². The Hall–Kier alpha value is -0.530. The molecule has 0 aromatic rings. The van der Waals surface area contributed by atoms with Gasteiger partial charge in [-0.3, -0.25) is 4.79 Å². The van der Waals surface area contributed by atoms with Crippen LogP contribution >= 0.6 is 0 Å². The monoisotopic (exact) mass is 213 g/mol. The molecule has 2 nitrogen and oxygen atoms in total. The van der Waals surface area contributed by atoms with Crippen molar-refractivity contribution in [1.29, 1.82) is 0 Å². The van der Waals surface area contributed by atoms with Crippen molar-refractivity contribution >= 4 is 5.91 Å². The molecule has 0 aromatic carbocycles. The zero-order valence-electron chi connectivity index (χ0n) is 10.5. The largest absolute Gasteiger partial charge is 0.356 e. The molecule has 1 amide bonds. The Morgan fingerprint density at radius 3 is 2.13 bits per heavy atom. The predicted octanol–water partition coefficient (Wildman–Crippen LogP) is 3.65. The van der Waals surface area contributed by atoms with Gasteiger partial charge in [0.05, 0.1) is 0 Å². The molecule has 0 heterocycles. The fourth-order valence-electron chi connectivity index (χ4n) is 1.56. The normalized spacial score (nSPS) is 10.3. The highest BCUT2D eigenvalue weighted by atomic mass is 16.1. The lowest BCUT2D eigenvalue weighted by Crippen LogP contribution is -2.23. The molecule has 0 atom stereocenters. The minimum Gasteiger partial charge on any atom is -0.356 e. The van der Waals surface area contributed by atoms with Gasteiger partial charge in [-0.1, -0.05) is 52.4 Å². The summed E-state index contributed by atoms with van der Waals surface area (Å²) >= 11 is 0. The minimum atomic E-state index is 0.235. The molecule has 0 saturated carbocycles. The van der Waals surface area contributed by atoms with Crippen molar-refractivity contribution < 1.29 is 4.79 Å². The molecule has 0 unspecified atom stereocenters. The first-order valence-electron chi connectivity index (χ1n) is 6.58. The van der Waals surface area contributed by atoms with Crippen LogP contribution in [0.3, 0.4) is 0 Å². The smallest absolute Gasteiger partial charge is 0.219 e. The summed E-state index contributed by atoms with van der Waals surface area (Å²) in [5.74, 6) is 0.235. The van der Waals surface area contributed by atoms with E-state index in [0.717, 1.165) is 32.2 Å². The molecular formula is C13H27NO. The van der Waals surface area contributed by atoms with Gasteiger partial charge >= 0.3 is 0 Å². The Balaban J connectivity index is 3.10. The third-order valence-corrected chi connectivity index (χ3v) is 2.61. The highest BCUT2D eigenvalue weighted by molar-refractivity contribution is 5.75. The number of hydrogen-bond donors (Lipinski definition) is 1. The summed E-state index contributed by atoms with van der Waals surface area (Å²) in [4.78, 5) is 11.3. The molecule has 0 aromatic heterocycles. The first kappa shape index (κ1) is 14.5. The summed E-state index contributed by atoms with van der Waals surface area (Å²) in [5.41, 5.74) is 0. The molecule has 0 radical (unpaired) electrons. The van der Waals surface area contributed by atoms with E-state index in [1.54, 1.807) is 0 Å². The second-order valence-electron chi connectivity index (χ2n) is 4.22. The highest BCUT2D eigenvalue weighted by Gasteiger charge is 1.99. The van der Waals surface area contributed by atoms with Crippen molar-refractivity contribution in [2.75, 3.05) is 6.54 Å². The van der Waals surface area contributed by atoms with Crippen LogP contribution in [0.4, 0.5) is 0 Å². The lowest BCUT2D eigenvalue weighted by molar-refractivity contribution is -0.121. The van der Waals surface area contributed by atoms with E-state index in [-0.39, 0.29) is 5.91 Å². The lowest BCUT2D eigenvalue weighted by atomic mass is 10.1. The van der Waals surface area contributed by atoms with Crippen LogP contribution in [0.25, 0.3) is 0 Å². The second-order valence-corrected chi connectivity index (χ2v) is 4.22. The third kappa shape index (κ3) is 11.4. The van der Waals surface area contributed by atoms with E-state index >= 15 is 0 Å². The van der Waals surface area contributed by atoms with Gasteiger partial charge in [0.2, 0.25) is 5.91 Å². The van der Waals surface area contributed by atoms with Crippen LogP contribution in [0, 0.1) is 0 Å². The first-order valence-corrected chi connectivity index (χ1v) is 6.58. The maximum atomic E-state index is 11.3. The summed E-state index contributed by atoms with van der Waals surface area (Å²) in [5, 5.41) is 2.95. The van der Waals surface area contributed by atoms with Gasteiger partial charge in [0.15, 0.2) is 0 Å². The van der Waals surface area contributed by atoms with E-state index in [2.05, 4.69) is 19.2 Å². The Morgan fingerprint density at radius 2 is 1.47 bits per heavy atom. The number of amides is 1. The summed E-state index contributed by atoms with van der Waals surface area (Å²) in [7, 11) is 0. The van der Waals surface area contributed by atoms with E-state index < -0.39 is 0 Å². The molecule has 0 aliphatic rings. The maximum absolute atomic E-state index is 11.3. The Kier molecular flexibility index (Phi) is 11.1. The molecule has 90 valence electrons. The van der Waals surface area contributed by atoms with Gasteiger partial charge in [-0.25, -0.2) is 0 Å². The molecule has 0 fully saturated rings. The number of rotatable bonds is 10. The maximum Gasteiger partial charge on any atom is 0.219 e. The zero-order valence-corrected chi connectivity index (χ0v) is 10.5. The van der Waals surface area contributed by atoms with E-state index in [4.69, 9.17) is 0 Å². The molecule has 0 bridgehead atoms. The molecule has 1 N–H and O–H groups in total. The topological polar surface area (TPSA) is 29.1 Å². The van der Waals surface area contributed by atoms with Crippen LogP contribution in [0.2, 0.25) is 0 Å². The van der Waals surface area contributed by atoms with E-state index in [1.165, 1.54) is 32.1 Å².